The van der Waals surface area contributed by atoms with Gasteiger partial charge in [0.1, 0.15) is 0 Å². The van der Waals surface area contributed by atoms with Crippen LogP contribution in [0.2, 0.25) is 0 Å². The van der Waals surface area contributed by atoms with Crippen molar-refractivity contribution in [2.45, 2.75) is 43.2 Å². The summed E-state index contributed by atoms with van der Waals surface area (Å²) in [4.78, 5) is 0.269. The van der Waals surface area contributed by atoms with Gasteiger partial charge in [0, 0.05) is 19.7 Å². The summed E-state index contributed by atoms with van der Waals surface area (Å²) in [6.45, 7) is 1.52. The van der Waals surface area contributed by atoms with Gasteiger partial charge in [-0.05, 0) is 43.4 Å². The van der Waals surface area contributed by atoms with Gasteiger partial charge in [0.15, 0.2) is 0 Å². The number of hydrogen-bond donors (Lipinski definition) is 2. The van der Waals surface area contributed by atoms with Gasteiger partial charge in [0.25, 0.3) is 0 Å². The van der Waals surface area contributed by atoms with E-state index < -0.39 is 10.0 Å². The number of nitrogens with two attached hydrogens (primary N) is 1. The van der Waals surface area contributed by atoms with Gasteiger partial charge >= 0.3 is 0 Å². The van der Waals surface area contributed by atoms with Gasteiger partial charge in [0.05, 0.1) is 11.0 Å². The summed E-state index contributed by atoms with van der Waals surface area (Å²) in [5.74, 6) is 0. The Morgan fingerprint density at radius 3 is 2.90 bits per heavy atom. The van der Waals surface area contributed by atoms with E-state index in [1.807, 2.05) is 6.07 Å². The summed E-state index contributed by atoms with van der Waals surface area (Å²) in [5.41, 5.74) is 6.34. The van der Waals surface area contributed by atoms with E-state index >= 15 is 0 Å². The van der Waals surface area contributed by atoms with E-state index in [9.17, 15) is 8.42 Å². The zero-order valence-electron chi connectivity index (χ0n) is 11.5. The fourth-order valence-electron chi connectivity index (χ4n) is 2.31. The number of hydrogen-bond acceptors (Lipinski definition) is 4. The van der Waals surface area contributed by atoms with Crippen LogP contribution in [0.1, 0.15) is 31.2 Å². The van der Waals surface area contributed by atoms with E-state index in [0.29, 0.717) is 13.1 Å². The fourth-order valence-corrected chi connectivity index (χ4v) is 3.43. The Kier molecular flexibility index (Phi) is 5.54. The van der Waals surface area contributed by atoms with E-state index in [2.05, 4.69) is 4.72 Å². The molecule has 1 unspecified atom stereocenters. The zero-order chi connectivity index (χ0) is 14.4. The maximum absolute atomic E-state index is 12.1. The molecule has 3 N–H and O–H groups in total. The molecule has 112 valence electrons. The highest BCUT2D eigenvalue weighted by molar-refractivity contribution is 7.89. The second-order valence-electron chi connectivity index (χ2n) is 5.03. The van der Waals surface area contributed by atoms with E-state index in [4.69, 9.17) is 10.5 Å². The van der Waals surface area contributed by atoms with Gasteiger partial charge < -0.3 is 10.5 Å². The molecule has 1 atom stereocenters. The maximum atomic E-state index is 12.1. The molecular weight excluding hydrogens is 276 g/mol. The van der Waals surface area contributed by atoms with Crippen molar-refractivity contribution in [1.29, 1.82) is 0 Å². The maximum Gasteiger partial charge on any atom is 0.240 e. The fraction of sp³-hybridized carbons (Fsp3) is 0.571. The molecule has 0 aromatic heterocycles. The molecule has 1 fully saturated rings. The van der Waals surface area contributed by atoms with Crippen LogP contribution < -0.4 is 10.5 Å². The minimum Gasteiger partial charge on any atom is -0.378 e. The highest BCUT2D eigenvalue weighted by Gasteiger charge is 2.17. The van der Waals surface area contributed by atoms with Crippen molar-refractivity contribution in [3.05, 3.63) is 29.8 Å². The first-order chi connectivity index (χ1) is 9.62. The lowest BCUT2D eigenvalue weighted by molar-refractivity contribution is 0.0123. The molecule has 1 heterocycles. The molecule has 0 saturated carbocycles. The van der Waals surface area contributed by atoms with E-state index in [1.54, 1.807) is 18.2 Å². The summed E-state index contributed by atoms with van der Waals surface area (Å²) in [5, 5.41) is 0. The Morgan fingerprint density at radius 1 is 1.35 bits per heavy atom. The monoisotopic (exact) mass is 298 g/mol. The van der Waals surface area contributed by atoms with E-state index in [1.165, 1.54) is 0 Å². The molecular formula is C14H22N2O3S. The molecule has 0 spiro atoms. The lowest BCUT2D eigenvalue weighted by atomic mass is 10.1. The predicted octanol–water partition coefficient (Wildman–Crippen LogP) is 1.38. The lowest BCUT2D eigenvalue weighted by Gasteiger charge is -2.22. The Balaban J connectivity index is 1.89. The molecule has 2 rings (SSSR count). The van der Waals surface area contributed by atoms with Gasteiger partial charge in [-0.25, -0.2) is 13.1 Å². The number of benzene rings is 1. The first-order valence-electron chi connectivity index (χ1n) is 7.02. The van der Waals surface area contributed by atoms with E-state index in [-0.39, 0.29) is 11.0 Å². The summed E-state index contributed by atoms with van der Waals surface area (Å²) in [6.07, 6.45) is 4.19. The molecule has 0 bridgehead atoms. The molecule has 1 aliphatic rings. The van der Waals surface area contributed by atoms with Crippen LogP contribution in [0.3, 0.4) is 0 Å². The number of nitrogens with one attached hydrogen (secondary N) is 1. The van der Waals surface area contributed by atoms with Crippen LogP contribution in [0.25, 0.3) is 0 Å². The van der Waals surface area contributed by atoms with E-state index in [0.717, 1.165) is 37.9 Å². The Hall–Kier alpha value is -0.950. The summed E-state index contributed by atoms with van der Waals surface area (Å²) in [7, 11) is -3.45. The van der Waals surface area contributed by atoms with Gasteiger partial charge in [-0.1, -0.05) is 12.1 Å². The van der Waals surface area contributed by atoms with Crippen molar-refractivity contribution in [3.8, 4) is 0 Å². The Bertz CT molecular complexity index is 525. The third-order valence-corrected chi connectivity index (χ3v) is 4.94. The van der Waals surface area contributed by atoms with Crippen LogP contribution in [-0.2, 0) is 21.3 Å². The largest absolute Gasteiger partial charge is 0.378 e. The number of sulfonamides is 1. The molecule has 0 radical (unpaired) electrons. The SMILES string of the molecule is NCc1cccc(S(=O)(=O)NCCC2CCCCO2)c1. The average molecular weight is 298 g/mol. The molecule has 0 aliphatic carbocycles. The quantitative estimate of drug-likeness (QED) is 0.831. The minimum absolute atomic E-state index is 0.182. The third kappa shape index (κ3) is 4.28. The van der Waals surface area contributed by atoms with Crippen molar-refractivity contribution < 1.29 is 13.2 Å². The second-order valence-corrected chi connectivity index (χ2v) is 6.79. The Morgan fingerprint density at radius 2 is 2.20 bits per heavy atom. The van der Waals surface area contributed by atoms with Gasteiger partial charge in [-0.2, -0.15) is 0 Å². The summed E-state index contributed by atoms with van der Waals surface area (Å²) in [6, 6.07) is 6.72. The Labute approximate surface area is 120 Å². The minimum atomic E-state index is -3.45. The summed E-state index contributed by atoms with van der Waals surface area (Å²) >= 11 is 0. The number of ether oxygens (including phenoxy) is 1. The van der Waals surface area contributed by atoms with Crippen LogP contribution in [0, 0.1) is 0 Å². The van der Waals surface area contributed by atoms with Crippen molar-refractivity contribution in [2.24, 2.45) is 5.73 Å². The van der Waals surface area contributed by atoms with Crippen LogP contribution in [0.5, 0.6) is 0 Å². The predicted molar refractivity (Wildman–Crippen MR) is 77.7 cm³/mol. The average Bonchev–Trinajstić information content (AvgIpc) is 2.48. The van der Waals surface area contributed by atoms with Crippen molar-refractivity contribution >= 4 is 10.0 Å². The lowest BCUT2D eigenvalue weighted by Crippen LogP contribution is -2.29. The molecule has 0 amide bonds. The van der Waals surface area contributed by atoms with Gasteiger partial charge in [-0.15, -0.1) is 0 Å². The van der Waals surface area contributed by atoms with Crippen LogP contribution >= 0.6 is 0 Å². The van der Waals surface area contributed by atoms with Crippen LogP contribution in [-0.4, -0.2) is 27.7 Å². The first-order valence-corrected chi connectivity index (χ1v) is 8.50. The highest BCUT2D eigenvalue weighted by Crippen LogP contribution is 2.16. The first kappa shape index (κ1) is 15.4. The third-order valence-electron chi connectivity index (χ3n) is 3.48. The molecule has 1 aliphatic heterocycles. The molecule has 1 aromatic rings. The molecule has 5 nitrogen and oxygen atoms in total. The standard InChI is InChI=1S/C14H22N2O3S/c15-11-12-4-3-6-14(10-12)20(17,18)16-8-7-13-5-1-2-9-19-13/h3-4,6,10,13,16H,1-2,5,7-9,11,15H2. The number of rotatable bonds is 6. The second kappa shape index (κ2) is 7.17. The molecule has 1 aromatic carbocycles. The molecule has 20 heavy (non-hydrogen) atoms. The van der Waals surface area contributed by atoms with Crippen molar-refractivity contribution in [2.75, 3.05) is 13.2 Å². The van der Waals surface area contributed by atoms with Crippen molar-refractivity contribution in [1.82, 2.24) is 4.72 Å². The molecule has 6 heteroatoms. The van der Waals surface area contributed by atoms with Crippen molar-refractivity contribution in [3.63, 3.8) is 0 Å². The topological polar surface area (TPSA) is 81.4 Å². The highest BCUT2D eigenvalue weighted by atomic mass is 32.2. The summed E-state index contributed by atoms with van der Waals surface area (Å²) < 4.78 is 32.5. The van der Waals surface area contributed by atoms with Crippen LogP contribution in [0.4, 0.5) is 0 Å². The van der Waals surface area contributed by atoms with Gasteiger partial charge in [0.2, 0.25) is 10.0 Å². The zero-order valence-corrected chi connectivity index (χ0v) is 12.4. The van der Waals surface area contributed by atoms with Crippen LogP contribution in [0.15, 0.2) is 29.2 Å². The normalized spacial score (nSPS) is 19.9. The molecule has 1 saturated heterocycles. The smallest absolute Gasteiger partial charge is 0.240 e. The van der Waals surface area contributed by atoms with Gasteiger partial charge in [-0.3, -0.25) is 0 Å².